The molecule has 0 saturated heterocycles. The van der Waals surface area contributed by atoms with Gasteiger partial charge in [0.1, 0.15) is 16.3 Å². The second-order valence-electron chi connectivity index (χ2n) is 7.22. The number of carbonyl (C=O) groups excluding carboxylic acids is 3. The fraction of sp³-hybridized carbons (Fsp3) is 0.240. The molecule has 2 aromatic carbocycles. The Morgan fingerprint density at radius 3 is 2.33 bits per heavy atom. The summed E-state index contributed by atoms with van der Waals surface area (Å²) in [5.74, 6) is -0.375. The highest BCUT2D eigenvalue weighted by atomic mass is 32.1. The Hall–Kier alpha value is -3.65. The third-order valence-corrected chi connectivity index (χ3v) is 5.79. The number of carbonyl (C=O) groups is 3. The molecule has 2 amide bonds. The molecule has 3 aromatic rings. The first-order valence-electron chi connectivity index (χ1n) is 10.5. The number of rotatable bonds is 9. The van der Waals surface area contributed by atoms with Crippen LogP contribution < -0.4 is 15.4 Å². The van der Waals surface area contributed by atoms with Gasteiger partial charge in [0.15, 0.2) is 0 Å². The number of anilines is 1. The summed E-state index contributed by atoms with van der Waals surface area (Å²) in [5, 5.41) is 7.86. The minimum atomic E-state index is -0.513. The van der Waals surface area contributed by atoms with Gasteiger partial charge in [0.05, 0.1) is 26.2 Å². The Bertz CT molecular complexity index is 1110. The number of esters is 1. The number of benzene rings is 2. The molecule has 0 radical (unpaired) electrons. The molecular formula is C25H26N2O5S. The summed E-state index contributed by atoms with van der Waals surface area (Å²) >= 11 is 1.25. The SMILES string of the molecule is CCOC(=O)c1c(-c2ccc(OC)cc2)csc1NC(=O)CC(NC(C)=O)c1ccccc1. The first kappa shape index (κ1) is 24.0. The molecule has 0 saturated carbocycles. The lowest BCUT2D eigenvalue weighted by Crippen LogP contribution is -2.29. The molecule has 3 rings (SSSR count). The average molecular weight is 467 g/mol. The topological polar surface area (TPSA) is 93.7 Å². The standard InChI is InChI=1S/C25H26N2O5S/c1-4-32-25(30)23-20(17-10-12-19(31-3)13-11-17)15-33-24(23)27-22(29)14-21(26-16(2)28)18-8-6-5-7-9-18/h5-13,15,21H,4,14H2,1-3H3,(H,26,28)(H,27,29). The van der Waals surface area contributed by atoms with E-state index in [-0.39, 0.29) is 24.8 Å². The summed E-state index contributed by atoms with van der Waals surface area (Å²) in [6.07, 6.45) is 0.0155. The number of hydrogen-bond acceptors (Lipinski definition) is 6. The van der Waals surface area contributed by atoms with Gasteiger partial charge >= 0.3 is 5.97 Å². The van der Waals surface area contributed by atoms with Crippen molar-refractivity contribution in [3.63, 3.8) is 0 Å². The highest BCUT2D eigenvalue weighted by molar-refractivity contribution is 7.15. The normalized spacial score (nSPS) is 11.4. The zero-order chi connectivity index (χ0) is 23.8. The monoisotopic (exact) mass is 466 g/mol. The van der Waals surface area contributed by atoms with Crippen molar-refractivity contribution in [2.45, 2.75) is 26.3 Å². The van der Waals surface area contributed by atoms with Gasteiger partial charge in [-0.15, -0.1) is 11.3 Å². The minimum absolute atomic E-state index is 0.0155. The largest absolute Gasteiger partial charge is 0.497 e. The molecule has 1 atom stereocenters. The van der Waals surface area contributed by atoms with Crippen LogP contribution >= 0.6 is 11.3 Å². The summed E-state index contributed by atoms with van der Waals surface area (Å²) in [4.78, 5) is 37.4. The van der Waals surface area contributed by atoms with Crippen molar-refractivity contribution in [1.82, 2.24) is 5.32 Å². The smallest absolute Gasteiger partial charge is 0.341 e. The van der Waals surface area contributed by atoms with E-state index in [4.69, 9.17) is 9.47 Å². The lowest BCUT2D eigenvalue weighted by atomic mass is 10.0. The molecule has 33 heavy (non-hydrogen) atoms. The molecule has 0 bridgehead atoms. The van der Waals surface area contributed by atoms with Gasteiger partial charge in [0, 0.05) is 17.9 Å². The molecule has 0 aliphatic rings. The van der Waals surface area contributed by atoms with Gasteiger partial charge in [-0.25, -0.2) is 4.79 Å². The van der Waals surface area contributed by atoms with Crippen molar-refractivity contribution in [3.05, 3.63) is 71.1 Å². The van der Waals surface area contributed by atoms with Crippen LogP contribution in [0.5, 0.6) is 5.75 Å². The maximum atomic E-state index is 12.9. The van der Waals surface area contributed by atoms with Crippen LogP contribution in [0.25, 0.3) is 11.1 Å². The first-order chi connectivity index (χ1) is 15.9. The fourth-order valence-electron chi connectivity index (χ4n) is 3.38. The first-order valence-corrected chi connectivity index (χ1v) is 11.4. The molecule has 0 aliphatic carbocycles. The van der Waals surface area contributed by atoms with Crippen LogP contribution in [0.3, 0.4) is 0 Å². The van der Waals surface area contributed by atoms with Crippen LogP contribution in [-0.2, 0) is 14.3 Å². The van der Waals surface area contributed by atoms with Crippen molar-refractivity contribution >= 4 is 34.1 Å². The number of amides is 2. The summed E-state index contributed by atoms with van der Waals surface area (Å²) in [6.45, 7) is 3.35. The van der Waals surface area contributed by atoms with E-state index < -0.39 is 12.0 Å². The van der Waals surface area contributed by atoms with Crippen LogP contribution in [0.2, 0.25) is 0 Å². The number of thiophene rings is 1. The number of nitrogens with one attached hydrogen (secondary N) is 2. The predicted molar refractivity (Wildman–Crippen MR) is 129 cm³/mol. The minimum Gasteiger partial charge on any atom is -0.497 e. The zero-order valence-corrected chi connectivity index (χ0v) is 19.5. The number of methoxy groups -OCH3 is 1. The predicted octanol–water partition coefficient (Wildman–Crippen LogP) is 4.81. The third kappa shape index (κ3) is 6.20. The summed E-state index contributed by atoms with van der Waals surface area (Å²) in [7, 11) is 1.58. The molecule has 7 nitrogen and oxygen atoms in total. The molecule has 1 unspecified atom stereocenters. The van der Waals surface area contributed by atoms with E-state index in [2.05, 4.69) is 10.6 Å². The van der Waals surface area contributed by atoms with Crippen LogP contribution in [0.1, 0.15) is 42.2 Å². The highest BCUT2D eigenvalue weighted by Gasteiger charge is 2.24. The van der Waals surface area contributed by atoms with Crippen LogP contribution in [0.15, 0.2) is 60.0 Å². The van der Waals surface area contributed by atoms with Crippen molar-refractivity contribution in [3.8, 4) is 16.9 Å². The zero-order valence-electron chi connectivity index (χ0n) is 18.7. The van der Waals surface area contributed by atoms with Crippen molar-refractivity contribution in [2.75, 3.05) is 19.0 Å². The Morgan fingerprint density at radius 2 is 1.73 bits per heavy atom. The molecule has 1 heterocycles. The summed E-state index contributed by atoms with van der Waals surface area (Å²) in [5.41, 5.74) is 2.59. The van der Waals surface area contributed by atoms with Crippen LogP contribution in [0, 0.1) is 0 Å². The lowest BCUT2D eigenvalue weighted by Gasteiger charge is -2.18. The van der Waals surface area contributed by atoms with E-state index in [1.165, 1.54) is 18.3 Å². The quantitative estimate of drug-likeness (QED) is 0.442. The molecule has 2 N–H and O–H groups in total. The highest BCUT2D eigenvalue weighted by Crippen LogP contribution is 2.37. The van der Waals surface area contributed by atoms with Gasteiger partial charge in [-0.05, 0) is 30.2 Å². The van der Waals surface area contributed by atoms with Crippen LogP contribution in [-0.4, -0.2) is 31.5 Å². The number of hydrogen-bond donors (Lipinski definition) is 2. The second-order valence-corrected chi connectivity index (χ2v) is 8.10. The van der Waals surface area contributed by atoms with E-state index in [0.717, 1.165) is 11.1 Å². The fourth-order valence-corrected chi connectivity index (χ4v) is 4.36. The van der Waals surface area contributed by atoms with E-state index in [9.17, 15) is 14.4 Å². The van der Waals surface area contributed by atoms with Gasteiger partial charge in [-0.2, -0.15) is 0 Å². The Morgan fingerprint density at radius 1 is 1.03 bits per heavy atom. The van der Waals surface area contributed by atoms with Gasteiger partial charge in [0.2, 0.25) is 11.8 Å². The van der Waals surface area contributed by atoms with E-state index in [1.54, 1.807) is 26.2 Å². The lowest BCUT2D eigenvalue weighted by molar-refractivity contribution is -0.120. The average Bonchev–Trinajstić information content (AvgIpc) is 3.22. The molecule has 0 fully saturated rings. The van der Waals surface area contributed by atoms with Crippen molar-refractivity contribution < 1.29 is 23.9 Å². The maximum Gasteiger partial charge on any atom is 0.341 e. The second kappa shape index (κ2) is 11.3. The number of ether oxygens (including phenoxy) is 2. The van der Waals surface area contributed by atoms with Crippen LogP contribution in [0.4, 0.5) is 5.00 Å². The Labute approximate surface area is 196 Å². The maximum absolute atomic E-state index is 12.9. The molecule has 8 heteroatoms. The van der Waals surface area contributed by atoms with E-state index in [1.807, 2.05) is 47.8 Å². The van der Waals surface area contributed by atoms with Gasteiger partial charge in [0.25, 0.3) is 0 Å². The third-order valence-electron chi connectivity index (χ3n) is 4.89. The van der Waals surface area contributed by atoms with Gasteiger partial charge in [-0.3, -0.25) is 9.59 Å². The van der Waals surface area contributed by atoms with Crippen molar-refractivity contribution in [2.24, 2.45) is 0 Å². The molecule has 0 spiro atoms. The molecule has 1 aromatic heterocycles. The molecular weight excluding hydrogens is 440 g/mol. The Kier molecular flexibility index (Phi) is 8.21. The molecule has 172 valence electrons. The summed E-state index contributed by atoms with van der Waals surface area (Å²) < 4.78 is 10.5. The molecule has 0 aliphatic heterocycles. The van der Waals surface area contributed by atoms with E-state index >= 15 is 0 Å². The summed E-state index contributed by atoms with van der Waals surface area (Å²) in [6, 6.07) is 16.1. The van der Waals surface area contributed by atoms with Gasteiger partial charge in [-0.1, -0.05) is 42.5 Å². The van der Waals surface area contributed by atoms with Gasteiger partial charge < -0.3 is 20.1 Å². The Balaban J connectivity index is 1.87. The van der Waals surface area contributed by atoms with E-state index in [0.29, 0.717) is 21.9 Å². The van der Waals surface area contributed by atoms with Crippen molar-refractivity contribution in [1.29, 1.82) is 0 Å².